The second-order valence-corrected chi connectivity index (χ2v) is 6.05. The molecule has 0 radical (unpaired) electrons. The van der Waals surface area contributed by atoms with Crippen LogP contribution in [0.1, 0.15) is 29.7 Å². The SMILES string of the molecule is Cc1nnc(NC2CCCN(c3cnn(C)c3)C2)c(C#N)c1C. The van der Waals surface area contributed by atoms with Gasteiger partial charge in [-0.3, -0.25) is 4.68 Å². The number of piperidine rings is 1. The van der Waals surface area contributed by atoms with Crippen molar-refractivity contribution in [1.82, 2.24) is 20.0 Å². The van der Waals surface area contributed by atoms with Crippen LogP contribution in [0.15, 0.2) is 12.4 Å². The molecule has 1 saturated heterocycles. The largest absolute Gasteiger partial charge is 0.367 e. The third-order valence-corrected chi connectivity index (χ3v) is 4.38. The summed E-state index contributed by atoms with van der Waals surface area (Å²) in [6.07, 6.45) is 6.06. The highest BCUT2D eigenvalue weighted by atomic mass is 15.3. The molecule has 7 heteroatoms. The van der Waals surface area contributed by atoms with Gasteiger partial charge in [-0.25, -0.2) is 0 Å². The van der Waals surface area contributed by atoms with Crippen molar-refractivity contribution in [2.45, 2.75) is 32.7 Å². The van der Waals surface area contributed by atoms with Gasteiger partial charge >= 0.3 is 0 Å². The molecule has 2 aromatic rings. The van der Waals surface area contributed by atoms with Gasteiger partial charge in [0, 0.05) is 32.4 Å². The number of nitrogens with one attached hydrogen (secondary N) is 1. The first-order valence-corrected chi connectivity index (χ1v) is 7.82. The van der Waals surface area contributed by atoms with Crippen LogP contribution >= 0.6 is 0 Å². The number of anilines is 2. The minimum Gasteiger partial charge on any atom is -0.367 e. The first kappa shape index (κ1) is 15.3. The van der Waals surface area contributed by atoms with Gasteiger partial charge in [-0.2, -0.15) is 15.5 Å². The topological polar surface area (TPSA) is 82.7 Å². The lowest BCUT2D eigenvalue weighted by atomic mass is 10.0. The Morgan fingerprint density at radius 2 is 2.17 bits per heavy atom. The fourth-order valence-electron chi connectivity index (χ4n) is 2.94. The first-order chi connectivity index (χ1) is 11.1. The Morgan fingerprint density at radius 1 is 1.35 bits per heavy atom. The first-order valence-electron chi connectivity index (χ1n) is 7.82. The van der Waals surface area contributed by atoms with E-state index in [1.54, 1.807) is 0 Å². The summed E-state index contributed by atoms with van der Waals surface area (Å²) in [5.41, 5.74) is 3.42. The maximum atomic E-state index is 9.41. The number of hydrogen-bond donors (Lipinski definition) is 1. The number of aromatic nitrogens is 4. The maximum absolute atomic E-state index is 9.41. The van der Waals surface area contributed by atoms with Crippen LogP contribution in [0.3, 0.4) is 0 Å². The van der Waals surface area contributed by atoms with Crippen LogP contribution in [-0.4, -0.2) is 39.1 Å². The summed E-state index contributed by atoms with van der Waals surface area (Å²) < 4.78 is 1.81. The van der Waals surface area contributed by atoms with E-state index in [9.17, 15) is 5.26 Å². The van der Waals surface area contributed by atoms with E-state index in [0.29, 0.717) is 11.4 Å². The predicted molar refractivity (Wildman–Crippen MR) is 88.3 cm³/mol. The summed E-state index contributed by atoms with van der Waals surface area (Å²) in [4.78, 5) is 2.31. The van der Waals surface area contributed by atoms with Gasteiger partial charge in [-0.1, -0.05) is 0 Å². The summed E-state index contributed by atoms with van der Waals surface area (Å²) in [5, 5.41) is 25.4. The van der Waals surface area contributed by atoms with Crippen LogP contribution in [-0.2, 0) is 7.05 Å². The summed E-state index contributed by atoms with van der Waals surface area (Å²) in [6.45, 7) is 5.67. The number of rotatable bonds is 3. The van der Waals surface area contributed by atoms with Crippen molar-refractivity contribution in [2.75, 3.05) is 23.3 Å². The fraction of sp³-hybridized carbons (Fsp3) is 0.500. The summed E-state index contributed by atoms with van der Waals surface area (Å²) in [6, 6.07) is 2.49. The van der Waals surface area contributed by atoms with Crippen LogP contribution in [0, 0.1) is 25.2 Å². The summed E-state index contributed by atoms with van der Waals surface area (Å²) >= 11 is 0. The Bertz CT molecular complexity index is 743. The number of nitrogens with zero attached hydrogens (tertiary/aromatic N) is 6. The van der Waals surface area contributed by atoms with Crippen molar-refractivity contribution in [1.29, 1.82) is 5.26 Å². The molecule has 1 fully saturated rings. The van der Waals surface area contributed by atoms with E-state index in [-0.39, 0.29) is 6.04 Å². The van der Waals surface area contributed by atoms with Gasteiger partial charge in [0.25, 0.3) is 0 Å². The van der Waals surface area contributed by atoms with Crippen LogP contribution < -0.4 is 10.2 Å². The standard InChI is InChI=1S/C16H21N7/c1-11-12(2)20-21-16(15(11)7-17)19-13-5-4-6-23(9-13)14-8-18-22(3)10-14/h8,10,13H,4-6,9H2,1-3H3,(H,19,21). The summed E-state index contributed by atoms with van der Waals surface area (Å²) in [5.74, 6) is 0.591. The van der Waals surface area contributed by atoms with Crippen LogP contribution in [0.2, 0.25) is 0 Å². The Balaban J connectivity index is 1.76. The van der Waals surface area contributed by atoms with Crippen molar-refractivity contribution in [3.63, 3.8) is 0 Å². The lowest BCUT2D eigenvalue weighted by molar-refractivity contribution is 0.528. The van der Waals surface area contributed by atoms with Gasteiger partial charge in [0.2, 0.25) is 0 Å². The van der Waals surface area contributed by atoms with Crippen molar-refractivity contribution >= 4 is 11.5 Å². The third kappa shape index (κ3) is 3.11. The van der Waals surface area contributed by atoms with Crippen LogP contribution in [0.4, 0.5) is 11.5 Å². The molecule has 23 heavy (non-hydrogen) atoms. The van der Waals surface area contributed by atoms with Gasteiger partial charge in [-0.15, -0.1) is 5.10 Å². The average molecular weight is 311 g/mol. The van der Waals surface area contributed by atoms with Crippen molar-refractivity contribution in [3.05, 3.63) is 29.2 Å². The molecule has 0 amide bonds. The fourth-order valence-corrected chi connectivity index (χ4v) is 2.94. The molecule has 3 heterocycles. The van der Waals surface area contributed by atoms with Gasteiger partial charge in [0.05, 0.1) is 17.6 Å². The zero-order valence-electron chi connectivity index (χ0n) is 13.7. The van der Waals surface area contributed by atoms with Crippen LogP contribution in [0.5, 0.6) is 0 Å². The van der Waals surface area contributed by atoms with E-state index in [1.807, 2.05) is 38.0 Å². The van der Waals surface area contributed by atoms with Gasteiger partial charge in [-0.05, 0) is 32.3 Å². The smallest absolute Gasteiger partial charge is 0.167 e. The number of nitriles is 1. The highest BCUT2D eigenvalue weighted by molar-refractivity contribution is 5.56. The van der Waals surface area contributed by atoms with Crippen molar-refractivity contribution in [3.8, 4) is 6.07 Å². The Labute approximate surface area is 135 Å². The zero-order valence-corrected chi connectivity index (χ0v) is 13.7. The lowest BCUT2D eigenvalue weighted by Crippen LogP contribution is -2.42. The minimum absolute atomic E-state index is 0.243. The van der Waals surface area contributed by atoms with Gasteiger partial charge < -0.3 is 10.2 Å². The maximum Gasteiger partial charge on any atom is 0.167 e. The molecule has 1 unspecified atom stereocenters. The molecule has 3 rings (SSSR count). The van der Waals surface area contributed by atoms with E-state index in [1.165, 1.54) is 0 Å². The second-order valence-electron chi connectivity index (χ2n) is 6.05. The highest BCUT2D eigenvalue weighted by Crippen LogP contribution is 2.23. The second kappa shape index (κ2) is 6.24. The molecule has 0 bridgehead atoms. The molecule has 1 aliphatic heterocycles. The van der Waals surface area contributed by atoms with Gasteiger partial charge in [0.1, 0.15) is 11.6 Å². The molecule has 0 saturated carbocycles. The number of aryl methyl sites for hydroxylation is 2. The monoisotopic (exact) mass is 311 g/mol. The van der Waals surface area contributed by atoms with Crippen molar-refractivity contribution in [2.24, 2.45) is 7.05 Å². The van der Waals surface area contributed by atoms with E-state index < -0.39 is 0 Å². The molecule has 0 aromatic carbocycles. The van der Waals surface area contributed by atoms with E-state index in [4.69, 9.17) is 0 Å². The minimum atomic E-state index is 0.243. The molecule has 2 aromatic heterocycles. The molecule has 1 atom stereocenters. The van der Waals surface area contributed by atoms with E-state index >= 15 is 0 Å². The van der Waals surface area contributed by atoms with E-state index in [2.05, 4.69) is 31.6 Å². The Kier molecular flexibility index (Phi) is 4.15. The molecule has 0 spiro atoms. The molecule has 0 aliphatic carbocycles. The molecule has 1 aliphatic rings. The number of hydrogen-bond acceptors (Lipinski definition) is 6. The van der Waals surface area contributed by atoms with Gasteiger partial charge in [0.15, 0.2) is 5.82 Å². The Hall–Kier alpha value is -2.62. The Morgan fingerprint density at radius 3 is 2.87 bits per heavy atom. The molecule has 1 N–H and O–H groups in total. The highest BCUT2D eigenvalue weighted by Gasteiger charge is 2.23. The molecule has 7 nitrogen and oxygen atoms in total. The average Bonchev–Trinajstić information content (AvgIpc) is 2.98. The summed E-state index contributed by atoms with van der Waals surface area (Å²) in [7, 11) is 1.92. The lowest BCUT2D eigenvalue weighted by Gasteiger charge is -2.34. The van der Waals surface area contributed by atoms with Crippen molar-refractivity contribution < 1.29 is 0 Å². The normalized spacial score (nSPS) is 17.8. The molecular weight excluding hydrogens is 290 g/mol. The zero-order chi connectivity index (χ0) is 16.4. The third-order valence-electron chi connectivity index (χ3n) is 4.38. The molecular formula is C16H21N7. The van der Waals surface area contributed by atoms with E-state index in [0.717, 1.165) is 42.9 Å². The predicted octanol–water partition coefficient (Wildman–Crippen LogP) is 1.78. The molecule has 120 valence electrons. The van der Waals surface area contributed by atoms with Crippen LogP contribution in [0.25, 0.3) is 0 Å². The quantitative estimate of drug-likeness (QED) is 0.930.